The van der Waals surface area contributed by atoms with Gasteiger partial charge in [-0.25, -0.2) is 23.6 Å². The van der Waals surface area contributed by atoms with Crippen molar-refractivity contribution >= 4 is 17.8 Å². The quantitative estimate of drug-likeness (QED) is 0.492. The lowest BCUT2D eigenvalue weighted by Gasteiger charge is -2.54. The highest BCUT2D eigenvalue weighted by molar-refractivity contribution is 5.91. The molecule has 2 aliphatic rings. The molecule has 4 rings (SSSR count). The number of benzene rings is 2. The van der Waals surface area contributed by atoms with Crippen LogP contribution in [0.15, 0.2) is 48.5 Å². The SMILES string of the molecule is CC(C)C[C@H]1C(=O)N(CCOCc2cccc(F)c2)C[C@H]2N1C(=O)CN(C)N2C(=O)NCc1ccc(F)cc1. The largest absolute Gasteiger partial charge is 0.375 e. The van der Waals surface area contributed by atoms with Crippen molar-refractivity contribution < 1.29 is 27.9 Å². The Bertz CT molecular complexity index is 1180. The Morgan fingerprint density at radius 3 is 2.51 bits per heavy atom. The molecule has 2 aromatic carbocycles. The number of likely N-dealkylation sites (N-methyl/N-ethyl adjacent to an activating group) is 1. The number of ether oxygens (including phenoxy) is 1. The first-order chi connectivity index (χ1) is 18.6. The normalized spacial score (nSPS) is 20.0. The number of piperazine rings is 1. The molecular weight excluding hydrogens is 508 g/mol. The van der Waals surface area contributed by atoms with Crippen LogP contribution in [0.4, 0.5) is 13.6 Å². The highest BCUT2D eigenvalue weighted by Gasteiger charge is 2.50. The average Bonchev–Trinajstić information content (AvgIpc) is 2.88. The van der Waals surface area contributed by atoms with Gasteiger partial charge in [0.05, 0.1) is 26.3 Å². The molecule has 9 nitrogen and oxygen atoms in total. The standard InChI is InChI=1S/C28H35F2N5O4/c1-19(2)13-24-27(37)33(11-12-39-18-21-5-4-6-23(30)14-21)16-25-34(24)26(36)17-32(3)35(25)28(38)31-15-20-7-9-22(29)10-8-20/h4-10,14,19,24-25H,11-13,15-18H2,1-3H3,(H,31,38)/t24-,25-/m0/s1. The van der Waals surface area contributed by atoms with Crippen LogP contribution in [-0.4, -0.2) is 83.2 Å². The van der Waals surface area contributed by atoms with Crippen LogP contribution < -0.4 is 5.32 Å². The van der Waals surface area contributed by atoms with Gasteiger partial charge in [0, 0.05) is 20.1 Å². The smallest absolute Gasteiger partial charge is 0.334 e. The maximum absolute atomic E-state index is 13.5. The van der Waals surface area contributed by atoms with E-state index in [4.69, 9.17) is 4.74 Å². The molecule has 2 saturated heterocycles. The summed E-state index contributed by atoms with van der Waals surface area (Å²) in [4.78, 5) is 43.3. The predicted molar refractivity (Wildman–Crippen MR) is 140 cm³/mol. The molecule has 0 spiro atoms. The summed E-state index contributed by atoms with van der Waals surface area (Å²) in [6, 6.07) is 10.8. The summed E-state index contributed by atoms with van der Waals surface area (Å²) < 4.78 is 32.4. The minimum Gasteiger partial charge on any atom is -0.375 e. The zero-order chi connectivity index (χ0) is 28.1. The number of urea groups is 1. The number of rotatable bonds is 9. The van der Waals surface area contributed by atoms with E-state index in [0.717, 1.165) is 5.56 Å². The van der Waals surface area contributed by atoms with E-state index < -0.39 is 18.2 Å². The Balaban J connectivity index is 1.48. The Hall–Kier alpha value is -3.57. The number of carbonyl (C=O) groups is 3. The minimum atomic E-state index is -0.708. The first-order valence-corrected chi connectivity index (χ1v) is 13.1. The number of amides is 4. The van der Waals surface area contributed by atoms with Crippen molar-refractivity contribution in [1.29, 1.82) is 0 Å². The van der Waals surface area contributed by atoms with Crippen LogP contribution in [0.5, 0.6) is 0 Å². The van der Waals surface area contributed by atoms with E-state index in [-0.39, 0.29) is 68.8 Å². The van der Waals surface area contributed by atoms with Crippen molar-refractivity contribution in [1.82, 2.24) is 25.1 Å². The van der Waals surface area contributed by atoms with Crippen LogP contribution in [0, 0.1) is 17.6 Å². The fourth-order valence-electron chi connectivity index (χ4n) is 5.03. The van der Waals surface area contributed by atoms with Crippen LogP contribution in [0.25, 0.3) is 0 Å². The molecule has 0 aromatic heterocycles. The fraction of sp³-hybridized carbons (Fsp3) is 0.464. The molecule has 2 heterocycles. The summed E-state index contributed by atoms with van der Waals surface area (Å²) in [5.74, 6) is -0.970. The molecular formula is C28H35F2N5O4. The summed E-state index contributed by atoms with van der Waals surface area (Å²) >= 11 is 0. The molecule has 39 heavy (non-hydrogen) atoms. The van der Waals surface area contributed by atoms with Crippen molar-refractivity contribution in [3.8, 4) is 0 Å². The van der Waals surface area contributed by atoms with E-state index in [0.29, 0.717) is 12.0 Å². The maximum Gasteiger partial charge on any atom is 0.334 e. The van der Waals surface area contributed by atoms with Crippen molar-refractivity contribution in [3.63, 3.8) is 0 Å². The Kier molecular flexibility index (Phi) is 9.13. The van der Waals surface area contributed by atoms with Gasteiger partial charge in [-0.15, -0.1) is 0 Å². The van der Waals surface area contributed by atoms with Gasteiger partial charge in [-0.2, -0.15) is 0 Å². The third-order valence-electron chi connectivity index (χ3n) is 6.86. The second-order valence-corrected chi connectivity index (χ2v) is 10.3. The van der Waals surface area contributed by atoms with Gasteiger partial charge < -0.3 is 19.9 Å². The van der Waals surface area contributed by atoms with E-state index in [2.05, 4.69) is 5.32 Å². The van der Waals surface area contributed by atoms with Crippen LogP contribution >= 0.6 is 0 Å². The fourth-order valence-corrected chi connectivity index (χ4v) is 5.03. The summed E-state index contributed by atoms with van der Waals surface area (Å²) in [6.45, 7) is 4.89. The molecule has 4 amide bonds. The molecule has 11 heteroatoms. The number of nitrogens with zero attached hydrogens (tertiary/aromatic N) is 4. The monoisotopic (exact) mass is 543 g/mol. The van der Waals surface area contributed by atoms with Crippen LogP contribution in [-0.2, 0) is 27.5 Å². The number of hydrazine groups is 1. The van der Waals surface area contributed by atoms with E-state index in [1.165, 1.54) is 29.3 Å². The molecule has 0 aliphatic carbocycles. The zero-order valence-corrected chi connectivity index (χ0v) is 22.5. The number of hydrogen-bond donors (Lipinski definition) is 1. The first-order valence-electron chi connectivity index (χ1n) is 13.1. The number of carbonyl (C=O) groups excluding carboxylic acids is 3. The third-order valence-corrected chi connectivity index (χ3v) is 6.86. The second-order valence-electron chi connectivity index (χ2n) is 10.3. The van der Waals surface area contributed by atoms with Gasteiger partial charge in [0.1, 0.15) is 23.8 Å². The van der Waals surface area contributed by atoms with Gasteiger partial charge in [0.2, 0.25) is 11.8 Å². The molecule has 0 unspecified atom stereocenters. The Morgan fingerprint density at radius 1 is 1.08 bits per heavy atom. The Labute approximate surface area is 227 Å². The van der Waals surface area contributed by atoms with Crippen molar-refractivity contribution in [2.24, 2.45) is 5.92 Å². The summed E-state index contributed by atoms with van der Waals surface area (Å²) in [5.41, 5.74) is 1.42. The zero-order valence-electron chi connectivity index (χ0n) is 22.5. The van der Waals surface area contributed by atoms with Crippen LogP contribution in [0.2, 0.25) is 0 Å². The van der Waals surface area contributed by atoms with Gasteiger partial charge in [0.25, 0.3) is 0 Å². The molecule has 2 atom stereocenters. The summed E-state index contributed by atoms with van der Waals surface area (Å²) in [7, 11) is 1.66. The molecule has 2 aliphatic heterocycles. The Morgan fingerprint density at radius 2 is 1.82 bits per heavy atom. The van der Waals surface area contributed by atoms with E-state index >= 15 is 0 Å². The van der Waals surface area contributed by atoms with Crippen molar-refractivity contribution in [2.75, 3.05) is 33.3 Å². The molecule has 0 bridgehead atoms. The van der Waals surface area contributed by atoms with Crippen molar-refractivity contribution in [3.05, 3.63) is 71.3 Å². The average molecular weight is 544 g/mol. The molecule has 0 saturated carbocycles. The van der Waals surface area contributed by atoms with Gasteiger partial charge >= 0.3 is 6.03 Å². The second kappa shape index (κ2) is 12.5. The predicted octanol–water partition coefficient (Wildman–Crippen LogP) is 2.97. The third kappa shape index (κ3) is 6.90. The number of hydrogen-bond acceptors (Lipinski definition) is 5. The molecule has 1 N–H and O–H groups in total. The molecule has 2 fully saturated rings. The minimum absolute atomic E-state index is 0.0426. The number of nitrogens with one attached hydrogen (secondary N) is 1. The van der Waals surface area contributed by atoms with E-state index in [1.54, 1.807) is 46.1 Å². The summed E-state index contributed by atoms with van der Waals surface area (Å²) in [6.07, 6.45) is -0.245. The number of fused-ring (bicyclic) bond motifs is 1. The van der Waals surface area contributed by atoms with Gasteiger partial charge in [-0.3, -0.25) is 9.59 Å². The van der Waals surface area contributed by atoms with E-state index in [1.807, 2.05) is 13.8 Å². The first kappa shape index (κ1) is 28.4. The highest BCUT2D eigenvalue weighted by Crippen LogP contribution is 2.28. The lowest BCUT2D eigenvalue weighted by atomic mass is 9.97. The highest BCUT2D eigenvalue weighted by atomic mass is 19.1. The van der Waals surface area contributed by atoms with Gasteiger partial charge in [-0.05, 0) is 47.7 Å². The number of halogens is 2. The maximum atomic E-state index is 13.5. The van der Waals surface area contributed by atoms with Crippen LogP contribution in [0.1, 0.15) is 31.4 Å². The molecule has 210 valence electrons. The molecule has 0 radical (unpaired) electrons. The van der Waals surface area contributed by atoms with E-state index in [9.17, 15) is 23.2 Å². The summed E-state index contributed by atoms with van der Waals surface area (Å²) in [5, 5.41) is 5.89. The lowest BCUT2D eigenvalue weighted by molar-refractivity contribution is -0.188. The van der Waals surface area contributed by atoms with Crippen molar-refractivity contribution in [2.45, 2.75) is 45.6 Å². The van der Waals surface area contributed by atoms with Gasteiger partial charge in [0.15, 0.2) is 0 Å². The lowest BCUT2D eigenvalue weighted by Crippen LogP contribution is -2.76. The topological polar surface area (TPSA) is 85.4 Å². The van der Waals surface area contributed by atoms with Gasteiger partial charge in [-0.1, -0.05) is 38.1 Å². The molecule has 2 aromatic rings. The van der Waals surface area contributed by atoms with Crippen LogP contribution in [0.3, 0.4) is 0 Å².